The molecule has 1 aromatic rings. The monoisotopic (exact) mass is 226 g/mol. The van der Waals surface area contributed by atoms with Crippen molar-refractivity contribution in [3.63, 3.8) is 0 Å². The van der Waals surface area contributed by atoms with E-state index in [2.05, 4.69) is 15.7 Å². The molecule has 0 radical (unpaired) electrons. The van der Waals surface area contributed by atoms with Crippen LogP contribution in [0, 0.1) is 0 Å². The first-order valence-corrected chi connectivity index (χ1v) is 6.38. The van der Waals surface area contributed by atoms with Crippen molar-refractivity contribution in [2.75, 3.05) is 0 Å². The smallest absolute Gasteiger partial charge is 0.183 e. The maximum atomic E-state index is 11.5. The molecule has 0 unspecified atom stereocenters. The minimum Gasteiger partial charge on any atom is -0.292 e. The molecule has 0 bridgehead atoms. The Balaban J connectivity index is 2.03. The lowest BCUT2D eigenvalue weighted by Gasteiger charge is -1.98. The first-order chi connectivity index (χ1) is 7.34. The second kappa shape index (κ2) is 7.51. The van der Waals surface area contributed by atoms with Crippen LogP contribution in [0.15, 0.2) is 6.20 Å². The van der Waals surface area contributed by atoms with Crippen LogP contribution in [0.4, 0.5) is 0 Å². The maximum Gasteiger partial charge on any atom is 0.183 e. The number of nitrogens with zero attached hydrogens (tertiary/aromatic N) is 2. The maximum absolute atomic E-state index is 11.5. The average Bonchev–Trinajstić information content (AvgIpc) is 2.76. The van der Waals surface area contributed by atoms with Crippen molar-refractivity contribution < 1.29 is 4.79 Å². The topological polar surface area (TPSA) is 42.9 Å². The van der Waals surface area contributed by atoms with Crippen LogP contribution in [0.5, 0.6) is 0 Å². The van der Waals surface area contributed by atoms with E-state index in [0.717, 1.165) is 24.6 Å². The highest BCUT2D eigenvalue weighted by molar-refractivity contribution is 6.99. The van der Waals surface area contributed by atoms with Gasteiger partial charge in [0.1, 0.15) is 5.69 Å². The predicted molar refractivity (Wildman–Crippen MR) is 62.2 cm³/mol. The summed E-state index contributed by atoms with van der Waals surface area (Å²) in [5.41, 5.74) is 0.536. The van der Waals surface area contributed by atoms with Crippen LogP contribution in [-0.2, 0) is 0 Å². The van der Waals surface area contributed by atoms with E-state index in [0.29, 0.717) is 12.1 Å². The van der Waals surface area contributed by atoms with Crippen LogP contribution in [0.3, 0.4) is 0 Å². The number of Topliss-reactive ketones (excluding diaryl/α,β-unsaturated/α-hetero) is 1. The number of hydrogen-bond donors (Lipinski definition) is 0. The van der Waals surface area contributed by atoms with E-state index in [1.54, 1.807) is 6.20 Å². The van der Waals surface area contributed by atoms with Crippen LogP contribution < -0.4 is 0 Å². The van der Waals surface area contributed by atoms with E-state index in [1.165, 1.54) is 25.7 Å². The van der Waals surface area contributed by atoms with Crippen LogP contribution in [-0.4, -0.2) is 14.5 Å². The van der Waals surface area contributed by atoms with Crippen molar-refractivity contribution in [3.05, 3.63) is 11.9 Å². The van der Waals surface area contributed by atoms with Crippen LogP contribution in [0.1, 0.15) is 62.4 Å². The summed E-state index contributed by atoms with van der Waals surface area (Å²) in [4.78, 5) is 11.5. The Labute approximate surface area is 95.2 Å². The highest BCUT2D eigenvalue weighted by Gasteiger charge is 2.07. The van der Waals surface area contributed by atoms with Crippen molar-refractivity contribution in [1.82, 2.24) is 8.75 Å². The fourth-order valence-electron chi connectivity index (χ4n) is 1.48. The lowest BCUT2D eigenvalue weighted by Crippen LogP contribution is -1.98. The van der Waals surface area contributed by atoms with Gasteiger partial charge in [-0.1, -0.05) is 39.0 Å². The number of hydrogen-bond acceptors (Lipinski definition) is 4. The van der Waals surface area contributed by atoms with Gasteiger partial charge in [0, 0.05) is 6.42 Å². The first-order valence-electron chi connectivity index (χ1n) is 5.65. The number of aromatic nitrogens is 2. The van der Waals surface area contributed by atoms with Gasteiger partial charge < -0.3 is 0 Å². The summed E-state index contributed by atoms with van der Waals surface area (Å²) < 4.78 is 7.75. The fraction of sp³-hybridized carbons (Fsp3) is 0.727. The van der Waals surface area contributed by atoms with Crippen molar-refractivity contribution >= 4 is 17.5 Å². The van der Waals surface area contributed by atoms with Crippen molar-refractivity contribution in [2.45, 2.75) is 51.9 Å². The predicted octanol–water partition coefficient (Wildman–Crippen LogP) is 3.47. The molecular formula is C11H18N2OS. The largest absolute Gasteiger partial charge is 0.292 e. The number of ketones is 1. The van der Waals surface area contributed by atoms with Crippen LogP contribution in [0.25, 0.3) is 0 Å². The van der Waals surface area contributed by atoms with Gasteiger partial charge in [0.15, 0.2) is 5.78 Å². The quantitative estimate of drug-likeness (QED) is 0.503. The Morgan fingerprint density at radius 2 is 2.00 bits per heavy atom. The summed E-state index contributed by atoms with van der Waals surface area (Å²) in [7, 11) is 0. The molecule has 84 valence electrons. The minimum absolute atomic E-state index is 0.138. The standard InChI is InChI=1S/C11H18N2OS/c1-2-3-4-5-6-7-8-11(14)10-9-12-15-13-10/h9H,2-8H2,1H3. The molecule has 3 nitrogen and oxygen atoms in total. The lowest BCUT2D eigenvalue weighted by atomic mass is 10.1. The van der Waals surface area contributed by atoms with Gasteiger partial charge in [-0.2, -0.15) is 8.75 Å². The van der Waals surface area contributed by atoms with Crippen molar-refractivity contribution in [2.24, 2.45) is 0 Å². The second-order valence-electron chi connectivity index (χ2n) is 3.73. The summed E-state index contributed by atoms with van der Waals surface area (Å²) in [6, 6.07) is 0. The van der Waals surface area contributed by atoms with E-state index in [9.17, 15) is 4.79 Å². The fourth-order valence-corrected chi connectivity index (χ4v) is 1.91. The zero-order valence-corrected chi connectivity index (χ0v) is 10.1. The molecule has 0 aromatic carbocycles. The van der Waals surface area contributed by atoms with Gasteiger partial charge >= 0.3 is 0 Å². The molecule has 0 N–H and O–H groups in total. The zero-order valence-electron chi connectivity index (χ0n) is 9.24. The highest BCUT2D eigenvalue weighted by Crippen LogP contribution is 2.09. The summed E-state index contributed by atoms with van der Waals surface area (Å²) in [6.45, 7) is 2.21. The average molecular weight is 226 g/mol. The minimum atomic E-state index is 0.138. The second-order valence-corrected chi connectivity index (χ2v) is 4.29. The SMILES string of the molecule is CCCCCCCCC(=O)c1cnsn1. The Morgan fingerprint density at radius 3 is 2.67 bits per heavy atom. The molecule has 0 aliphatic heterocycles. The molecule has 0 saturated carbocycles. The van der Waals surface area contributed by atoms with Gasteiger partial charge in [-0.3, -0.25) is 4.79 Å². The molecule has 1 aromatic heterocycles. The van der Waals surface area contributed by atoms with Gasteiger partial charge in [-0.25, -0.2) is 0 Å². The third-order valence-electron chi connectivity index (χ3n) is 2.40. The molecule has 0 aliphatic carbocycles. The highest BCUT2D eigenvalue weighted by atomic mass is 32.1. The van der Waals surface area contributed by atoms with E-state index in [1.807, 2.05) is 0 Å². The Bertz CT molecular complexity index is 272. The van der Waals surface area contributed by atoms with Crippen LogP contribution in [0.2, 0.25) is 0 Å². The van der Waals surface area contributed by atoms with E-state index in [-0.39, 0.29) is 5.78 Å². The molecule has 0 saturated heterocycles. The van der Waals surface area contributed by atoms with Crippen LogP contribution >= 0.6 is 11.7 Å². The molecule has 0 fully saturated rings. The van der Waals surface area contributed by atoms with Gasteiger partial charge in [-0.15, -0.1) is 0 Å². The summed E-state index contributed by atoms with van der Waals surface area (Å²) >= 11 is 1.10. The Kier molecular flexibility index (Phi) is 6.16. The summed E-state index contributed by atoms with van der Waals surface area (Å²) in [5, 5.41) is 0. The normalized spacial score (nSPS) is 10.5. The van der Waals surface area contributed by atoms with Gasteiger partial charge in [0.2, 0.25) is 0 Å². The number of carbonyl (C=O) groups excluding carboxylic acids is 1. The molecule has 0 atom stereocenters. The molecule has 0 amide bonds. The van der Waals surface area contributed by atoms with Gasteiger partial charge in [0.25, 0.3) is 0 Å². The Hall–Kier alpha value is -0.770. The molecule has 0 aliphatic rings. The zero-order chi connectivity index (χ0) is 10.9. The van der Waals surface area contributed by atoms with Crippen molar-refractivity contribution in [3.8, 4) is 0 Å². The third kappa shape index (κ3) is 5.02. The van der Waals surface area contributed by atoms with Crippen molar-refractivity contribution in [1.29, 1.82) is 0 Å². The van der Waals surface area contributed by atoms with E-state index >= 15 is 0 Å². The van der Waals surface area contributed by atoms with E-state index in [4.69, 9.17) is 0 Å². The third-order valence-corrected chi connectivity index (χ3v) is 2.88. The van der Waals surface area contributed by atoms with E-state index < -0.39 is 0 Å². The molecule has 15 heavy (non-hydrogen) atoms. The molecule has 0 spiro atoms. The Morgan fingerprint density at radius 1 is 1.27 bits per heavy atom. The molecule has 1 heterocycles. The van der Waals surface area contributed by atoms with Gasteiger partial charge in [0.05, 0.1) is 17.9 Å². The number of carbonyl (C=O) groups is 1. The van der Waals surface area contributed by atoms with Gasteiger partial charge in [-0.05, 0) is 6.42 Å². The lowest BCUT2D eigenvalue weighted by molar-refractivity contribution is 0.0975. The number of rotatable bonds is 8. The molecular weight excluding hydrogens is 208 g/mol. The number of unbranched alkanes of at least 4 members (excludes halogenated alkanes) is 5. The summed E-state index contributed by atoms with van der Waals surface area (Å²) in [6.07, 6.45) is 9.44. The molecule has 4 heteroatoms. The molecule has 1 rings (SSSR count). The first kappa shape index (κ1) is 12.3. The summed E-state index contributed by atoms with van der Waals surface area (Å²) in [5.74, 6) is 0.138.